The van der Waals surface area contributed by atoms with E-state index in [9.17, 15) is 5.11 Å². The Morgan fingerprint density at radius 1 is 1.22 bits per heavy atom. The van der Waals surface area contributed by atoms with E-state index in [1.54, 1.807) is 7.11 Å². The summed E-state index contributed by atoms with van der Waals surface area (Å²) < 4.78 is 4.96. The summed E-state index contributed by atoms with van der Waals surface area (Å²) in [6.45, 7) is 6.01. The minimum atomic E-state index is -0.721. The second-order valence-corrected chi connectivity index (χ2v) is 5.01. The fraction of sp³-hybridized carbons (Fsp3) is 0.600. The van der Waals surface area contributed by atoms with Crippen LogP contribution >= 0.6 is 0 Å². The molecule has 0 amide bonds. The van der Waals surface area contributed by atoms with E-state index in [1.165, 1.54) is 11.1 Å². The Kier molecular flexibility index (Phi) is 6.33. The van der Waals surface area contributed by atoms with Crippen molar-refractivity contribution >= 4 is 0 Å². The van der Waals surface area contributed by atoms with Crippen LogP contribution in [-0.2, 0) is 17.6 Å². The number of methoxy groups -OCH3 is 1. The summed E-state index contributed by atoms with van der Waals surface area (Å²) in [5.74, 6) is 0. The lowest BCUT2D eigenvalue weighted by Crippen LogP contribution is -2.40. The van der Waals surface area contributed by atoms with Crippen molar-refractivity contribution in [1.82, 2.24) is 5.32 Å². The number of aryl methyl sites for hydroxylation is 1. The van der Waals surface area contributed by atoms with Crippen molar-refractivity contribution in [2.75, 3.05) is 26.8 Å². The van der Waals surface area contributed by atoms with Crippen molar-refractivity contribution < 1.29 is 9.84 Å². The van der Waals surface area contributed by atoms with Crippen molar-refractivity contribution in [1.29, 1.82) is 0 Å². The lowest BCUT2D eigenvalue weighted by atomic mass is 9.95. The molecule has 1 unspecified atom stereocenters. The lowest BCUT2D eigenvalue weighted by molar-refractivity contribution is 0.0581. The van der Waals surface area contributed by atoms with E-state index in [0.717, 1.165) is 13.0 Å². The summed E-state index contributed by atoms with van der Waals surface area (Å²) in [6, 6.07) is 8.46. The first kappa shape index (κ1) is 15.2. The fourth-order valence-electron chi connectivity index (χ4n) is 1.93. The monoisotopic (exact) mass is 251 g/mol. The van der Waals surface area contributed by atoms with Crippen LogP contribution in [-0.4, -0.2) is 37.5 Å². The number of nitrogens with one attached hydrogen (secondary N) is 1. The molecule has 2 N–H and O–H groups in total. The summed E-state index contributed by atoms with van der Waals surface area (Å²) in [5, 5.41) is 13.5. The number of rotatable bonds is 8. The van der Waals surface area contributed by atoms with Crippen molar-refractivity contribution in [2.24, 2.45) is 0 Å². The van der Waals surface area contributed by atoms with E-state index in [0.29, 0.717) is 19.6 Å². The molecule has 1 aromatic carbocycles. The molecule has 3 nitrogen and oxygen atoms in total. The molecule has 0 aromatic heterocycles. The van der Waals surface area contributed by atoms with Crippen molar-refractivity contribution in [3.63, 3.8) is 0 Å². The van der Waals surface area contributed by atoms with Gasteiger partial charge in [-0.3, -0.25) is 0 Å². The Morgan fingerprint density at radius 2 is 1.83 bits per heavy atom. The average molecular weight is 251 g/mol. The van der Waals surface area contributed by atoms with Gasteiger partial charge in [0.15, 0.2) is 0 Å². The third-order valence-electron chi connectivity index (χ3n) is 3.00. The van der Waals surface area contributed by atoms with Gasteiger partial charge in [-0.2, -0.15) is 0 Å². The second-order valence-electron chi connectivity index (χ2n) is 5.01. The summed E-state index contributed by atoms with van der Waals surface area (Å²) in [4.78, 5) is 0. The fourth-order valence-corrected chi connectivity index (χ4v) is 1.93. The van der Waals surface area contributed by atoms with E-state index in [2.05, 4.69) is 36.5 Å². The molecule has 1 atom stereocenters. The van der Waals surface area contributed by atoms with Crippen LogP contribution < -0.4 is 5.32 Å². The Hall–Kier alpha value is -0.900. The molecule has 0 saturated heterocycles. The average Bonchev–Trinajstić information content (AvgIpc) is 2.35. The maximum absolute atomic E-state index is 10.3. The maximum atomic E-state index is 10.3. The molecule has 0 radical (unpaired) electrons. The molecular formula is C15H25NO2. The third kappa shape index (κ3) is 5.63. The first-order valence-electron chi connectivity index (χ1n) is 6.57. The summed E-state index contributed by atoms with van der Waals surface area (Å²) in [7, 11) is 1.68. The Bertz CT molecular complexity index is 333. The van der Waals surface area contributed by atoms with Crippen molar-refractivity contribution in [3.8, 4) is 0 Å². The maximum Gasteiger partial charge on any atom is 0.0783 e. The quantitative estimate of drug-likeness (QED) is 0.692. The standard InChI is InChI=1S/C15H25NO2/c1-4-13-5-7-14(8-6-13)11-15(2,17)12-16-9-10-18-3/h5-8,16-17H,4,9-12H2,1-3H3. The molecule has 18 heavy (non-hydrogen) atoms. The van der Waals surface area contributed by atoms with Gasteiger partial charge in [-0.1, -0.05) is 31.2 Å². The van der Waals surface area contributed by atoms with Gasteiger partial charge in [0.2, 0.25) is 0 Å². The van der Waals surface area contributed by atoms with Crippen LogP contribution in [0.1, 0.15) is 25.0 Å². The van der Waals surface area contributed by atoms with Gasteiger partial charge in [0.25, 0.3) is 0 Å². The van der Waals surface area contributed by atoms with Crippen LogP contribution in [0.2, 0.25) is 0 Å². The molecule has 0 aliphatic carbocycles. The van der Waals surface area contributed by atoms with E-state index < -0.39 is 5.60 Å². The summed E-state index contributed by atoms with van der Waals surface area (Å²) in [6.07, 6.45) is 1.71. The minimum absolute atomic E-state index is 0.575. The van der Waals surface area contributed by atoms with Gasteiger partial charge in [0.05, 0.1) is 12.2 Å². The molecule has 3 heteroatoms. The SMILES string of the molecule is CCc1ccc(CC(C)(O)CNCCOC)cc1. The van der Waals surface area contributed by atoms with Gasteiger partial charge in [-0.05, 0) is 24.5 Å². The van der Waals surface area contributed by atoms with Gasteiger partial charge in [0, 0.05) is 26.6 Å². The summed E-state index contributed by atoms with van der Waals surface area (Å²) >= 11 is 0. The van der Waals surface area contributed by atoms with Crippen LogP contribution in [0.25, 0.3) is 0 Å². The highest BCUT2D eigenvalue weighted by Gasteiger charge is 2.20. The lowest BCUT2D eigenvalue weighted by Gasteiger charge is -2.24. The molecule has 1 rings (SSSR count). The Morgan fingerprint density at radius 3 is 2.39 bits per heavy atom. The number of hydrogen-bond donors (Lipinski definition) is 2. The van der Waals surface area contributed by atoms with Crippen LogP contribution in [0, 0.1) is 0 Å². The summed E-state index contributed by atoms with van der Waals surface area (Å²) in [5.41, 5.74) is 1.78. The highest BCUT2D eigenvalue weighted by molar-refractivity contribution is 5.23. The normalized spacial score (nSPS) is 14.4. The van der Waals surface area contributed by atoms with E-state index in [1.807, 2.05) is 6.92 Å². The predicted molar refractivity (Wildman–Crippen MR) is 74.9 cm³/mol. The number of hydrogen-bond acceptors (Lipinski definition) is 3. The highest BCUT2D eigenvalue weighted by Crippen LogP contribution is 2.13. The molecule has 102 valence electrons. The number of ether oxygens (including phenoxy) is 1. The molecule has 1 aromatic rings. The second kappa shape index (κ2) is 7.52. The first-order chi connectivity index (χ1) is 8.57. The van der Waals surface area contributed by atoms with Crippen LogP contribution in [0.3, 0.4) is 0 Å². The molecule has 0 fully saturated rings. The number of aliphatic hydroxyl groups is 1. The molecule has 0 saturated carbocycles. The third-order valence-corrected chi connectivity index (χ3v) is 3.00. The Balaban J connectivity index is 2.42. The smallest absolute Gasteiger partial charge is 0.0783 e. The zero-order chi connectivity index (χ0) is 13.4. The minimum Gasteiger partial charge on any atom is -0.389 e. The van der Waals surface area contributed by atoms with E-state index in [4.69, 9.17) is 4.74 Å². The van der Waals surface area contributed by atoms with E-state index in [-0.39, 0.29) is 0 Å². The molecule has 0 spiro atoms. The largest absolute Gasteiger partial charge is 0.389 e. The zero-order valence-corrected chi connectivity index (χ0v) is 11.7. The predicted octanol–water partition coefficient (Wildman–Crippen LogP) is 1.78. The van der Waals surface area contributed by atoms with Gasteiger partial charge in [-0.25, -0.2) is 0 Å². The zero-order valence-electron chi connectivity index (χ0n) is 11.7. The highest BCUT2D eigenvalue weighted by atomic mass is 16.5. The molecule has 0 bridgehead atoms. The van der Waals surface area contributed by atoms with E-state index >= 15 is 0 Å². The molecule has 0 aliphatic heterocycles. The first-order valence-corrected chi connectivity index (χ1v) is 6.57. The Labute approximate surface area is 110 Å². The van der Waals surface area contributed by atoms with Gasteiger partial charge >= 0.3 is 0 Å². The number of benzene rings is 1. The van der Waals surface area contributed by atoms with Gasteiger partial charge < -0.3 is 15.2 Å². The van der Waals surface area contributed by atoms with Crippen molar-refractivity contribution in [2.45, 2.75) is 32.3 Å². The molecular weight excluding hydrogens is 226 g/mol. The molecule has 0 aliphatic rings. The topological polar surface area (TPSA) is 41.5 Å². The van der Waals surface area contributed by atoms with Crippen LogP contribution in [0.15, 0.2) is 24.3 Å². The molecule has 0 heterocycles. The van der Waals surface area contributed by atoms with Crippen LogP contribution in [0.5, 0.6) is 0 Å². The van der Waals surface area contributed by atoms with Crippen LogP contribution in [0.4, 0.5) is 0 Å². The van der Waals surface area contributed by atoms with Gasteiger partial charge in [-0.15, -0.1) is 0 Å². The van der Waals surface area contributed by atoms with Gasteiger partial charge in [0.1, 0.15) is 0 Å². The van der Waals surface area contributed by atoms with Crippen molar-refractivity contribution in [3.05, 3.63) is 35.4 Å².